The molecule has 0 fully saturated rings. The Bertz CT molecular complexity index is 1970. The fraction of sp³-hybridized carbons (Fsp3) is 0.103. The predicted molar refractivity (Wildman–Crippen MR) is 174 cm³/mol. The van der Waals surface area contributed by atoms with Crippen LogP contribution in [0.3, 0.4) is 0 Å². The molecule has 43 heavy (non-hydrogen) atoms. The Morgan fingerprint density at radius 1 is 1.12 bits per heavy atom. The first-order chi connectivity index (χ1) is 20.6. The van der Waals surface area contributed by atoms with Crippen molar-refractivity contribution in [1.82, 2.24) is 19.5 Å². The van der Waals surface area contributed by atoms with Crippen LogP contribution in [0.15, 0.2) is 77.9 Å². The molecule has 2 amide bonds. The SMILES string of the molecule is COc1ccccc1NC(=O)Nc1cccc(-n2c(C(C)(I)Nc3ncnc(N)c3C#N)nc3cccc(Cl)c3c2=O)c1. The van der Waals surface area contributed by atoms with E-state index in [1.165, 1.54) is 18.0 Å². The third kappa shape index (κ3) is 6.01. The van der Waals surface area contributed by atoms with Crippen LogP contribution >= 0.6 is 34.2 Å². The molecule has 12 nitrogen and oxygen atoms in total. The van der Waals surface area contributed by atoms with Crippen LogP contribution in [-0.4, -0.2) is 32.7 Å². The summed E-state index contributed by atoms with van der Waals surface area (Å²) in [5.74, 6) is 0.945. The summed E-state index contributed by atoms with van der Waals surface area (Å²) in [4.78, 5) is 39.8. The highest BCUT2D eigenvalue weighted by atomic mass is 127. The Morgan fingerprint density at radius 2 is 1.88 bits per heavy atom. The second kappa shape index (κ2) is 12.1. The lowest BCUT2D eigenvalue weighted by atomic mass is 10.2. The molecule has 0 aliphatic carbocycles. The largest absolute Gasteiger partial charge is 0.495 e. The van der Waals surface area contributed by atoms with Gasteiger partial charge in [-0.2, -0.15) is 5.26 Å². The van der Waals surface area contributed by atoms with Crippen molar-refractivity contribution in [1.29, 1.82) is 5.26 Å². The summed E-state index contributed by atoms with van der Waals surface area (Å²) < 4.78 is 5.58. The van der Waals surface area contributed by atoms with E-state index in [-0.39, 0.29) is 33.4 Å². The standard InChI is InChI=1S/C29H23ClIN9O3/c1-29(31,39-25-18(14-32)24(33)34-15-35-25)27-37-21-11-6-9-19(30)23(21)26(41)40(27)17-8-5-7-16(13-17)36-28(42)38-20-10-3-4-12-22(20)43-2/h3-13,15H,1-2H3,(H2,36,38,42)(H3,33,34,35,39). The van der Waals surface area contributed by atoms with E-state index < -0.39 is 15.1 Å². The number of urea groups is 1. The van der Waals surface area contributed by atoms with E-state index in [1.54, 1.807) is 73.7 Å². The number of nitrogens with zero attached hydrogens (tertiary/aromatic N) is 5. The Morgan fingerprint density at radius 3 is 2.65 bits per heavy atom. The van der Waals surface area contributed by atoms with Gasteiger partial charge in [0.05, 0.1) is 34.4 Å². The number of alkyl halides is 1. The van der Waals surface area contributed by atoms with E-state index in [0.717, 1.165) is 0 Å². The number of nitrogens with one attached hydrogen (secondary N) is 3. The molecule has 0 bridgehead atoms. The molecule has 1 atom stereocenters. The number of hydrogen-bond donors (Lipinski definition) is 4. The minimum Gasteiger partial charge on any atom is -0.495 e. The van der Waals surface area contributed by atoms with Crippen molar-refractivity contribution in [3.8, 4) is 17.5 Å². The molecule has 0 saturated carbocycles. The van der Waals surface area contributed by atoms with Crippen molar-refractivity contribution in [3.63, 3.8) is 0 Å². The van der Waals surface area contributed by atoms with Crippen LogP contribution in [-0.2, 0) is 3.55 Å². The number of anilines is 4. The summed E-state index contributed by atoms with van der Waals surface area (Å²) in [7, 11) is 1.51. The summed E-state index contributed by atoms with van der Waals surface area (Å²) in [6.45, 7) is 1.77. The minimum atomic E-state index is -1.12. The van der Waals surface area contributed by atoms with E-state index in [2.05, 4.69) is 48.5 Å². The third-order valence-electron chi connectivity index (χ3n) is 6.33. The number of hydrogen-bond acceptors (Lipinski definition) is 9. The average Bonchev–Trinajstić information content (AvgIpc) is 2.97. The molecule has 0 saturated heterocycles. The number of nitriles is 1. The molecule has 5 N–H and O–H groups in total. The summed E-state index contributed by atoms with van der Waals surface area (Å²) in [5, 5.41) is 18.8. The summed E-state index contributed by atoms with van der Waals surface area (Å²) in [6, 6.07) is 20.2. The van der Waals surface area contributed by atoms with Crippen LogP contribution in [0.4, 0.5) is 27.8 Å². The number of para-hydroxylation sites is 2. The minimum absolute atomic E-state index is 0.00742. The number of fused-ring (bicyclic) bond motifs is 1. The molecule has 3 aromatic carbocycles. The van der Waals surface area contributed by atoms with Crippen LogP contribution in [0, 0.1) is 11.3 Å². The van der Waals surface area contributed by atoms with E-state index in [1.807, 2.05) is 6.07 Å². The zero-order chi connectivity index (χ0) is 30.7. The second-order valence-corrected chi connectivity index (χ2v) is 11.8. The Kier molecular flexibility index (Phi) is 8.33. The molecule has 0 radical (unpaired) electrons. The van der Waals surface area contributed by atoms with Gasteiger partial charge in [-0.25, -0.2) is 19.7 Å². The maximum absolute atomic E-state index is 14.1. The van der Waals surface area contributed by atoms with Crippen molar-refractivity contribution >= 4 is 74.1 Å². The number of nitrogen functional groups attached to an aromatic ring is 1. The summed E-state index contributed by atoms with van der Waals surface area (Å²) >= 11 is 8.54. The number of halogens is 2. The third-order valence-corrected chi connectivity index (χ3v) is 7.39. The molecule has 1 unspecified atom stereocenters. The van der Waals surface area contributed by atoms with Gasteiger partial charge in [0, 0.05) is 5.69 Å². The van der Waals surface area contributed by atoms with Gasteiger partial charge in [-0.15, -0.1) is 0 Å². The summed E-state index contributed by atoms with van der Waals surface area (Å²) in [6.07, 6.45) is 1.23. The molecule has 14 heteroatoms. The van der Waals surface area contributed by atoms with Crippen molar-refractivity contribution in [3.05, 3.63) is 99.8 Å². The topological polar surface area (TPSA) is 173 Å². The molecule has 5 aromatic rings. The molecule has 0 aliphatic rings. The molecule has 2 aromatic heterocycles. The highest BCUT2D eigenvalue weighted by Crippen LogP contribution is 2.35. The Hall–Kier alpha value is -4.94. The fourth-order valence-electron chi connectivity index (χ4n) is 4.38. The van der Waals surface area contributed by atoms with Crippen molar-refractivity contribution in [2.24, 2.45) is 0 Å². The van der Waals surface area contributed by atoms with E-state index in [4.69, 9.17) is 27.1 Å². The predicted octanol–water partition coefficient (Wildman–Crippen LogP) is 5.66. The highest BCUT2D eigenvalue weighted by molar-refractivity contribution is 14.1. The second-order valence-electron chi connectivity index (χ2n) is 9.26. The highest BCUT2D eigenvalue weighted by Gasteiger charge is 2.32. The molecule has 216 valence electrons. The van der Waals surface area contributed by atoms with Gasteiger partial charge in [-0.05, 0) is 72.0 Å². The van der Waals surface area contributed by atoms with Gasteiger partial charge in [-0.1, -0.05) is 35.9 Å². The van der Waals surface area contributed by atoms with Crippen LogP contribution in [0.1, 0.15) is 18.3 Å². The number of methoxy groups -OCH3 is 1. The first-order valence-electron chi connectivity index (χ1n) is 12.6. The van der Waals surface area contributed by atoms with Crippen molar-refractivity contribution in [2.45, 2.75) is 10.5 Å². The molecular formula is C29H23ClIN9O3. The lowest BCUT2D eigenvalue weighted by Gasteiger charge is -2.28. The Balaban J connectivity index is 1.60. The first kappa shape index (κ1) is 29.5. The number of aromatic nitrogens is 4. The average molecular weight is 708 g/mol. The van der Waals surface area contributed by atoms with Crippen LogP contribution < -0.4 is 32.0 Å². The lowest BCUT2D eigenvalue weighted by Crippen LogP contribution is -2.36. The van der Waals surface area contributed by atoms with Crippen LogP contribution in [0.5, 0.6) is 5.75 Å². The number of rotatable bonds is 7. The van der Waals surface area contributed by atoms with Gasteiger partial charge < -0.3 is 26.4 Å². The van der Waals surface area contributed by atoms with Gasteiger partial charge in [-0.3, -0.25) is 9.36 Å². The van der Waals surface area contributed by atoms with Crippen molar-refractivity contribution in [2.75, 3.05) is 28.8 Å². The molecule has 2 heterocycles. The zero-order valence-corrected chi connectivity index (χ0v) is 25.6. The van der Waals surface area contributed by atoms with Gasteiger partial charge in [0.25, 0.3) is 5.56 Å². The first-order valence-corrected chi connectivity index (χ1v) is 14.1. The number of carbonyl (C=O) groups excluding carboxylic acids is 1. The summed E-state index contributed by atoms with van der Waals surface area (Å²) in [5.41, 5.74) is 7.18. The number of benzene rings is 3. The molecule has 0 aliphatic heterocycles. The molecular weight excluding hydrogens is 685 g/mol. The fourth-order valence-corrected chi connectivity index (χ4v) is 5.25. The van der Waals surface area contributed by atoms with Gasteiger partial charge >= 0.3 is 6.03 Å². The smallest absolute Gasteiger partial charge is 0.323 e. The number of carbonyl (C=O) groups is 1. The number of amides is 2. The number of ether oxygens (including phenoxy) is 1. The number of nitrogens with two attached hydrogens (primary N) is 1. The quantitative estimate of drug-likeness (QED) is 0.0947. The van der Waals surface area contributed by atoms with Gasteiger partial charge in [0.15, 0.2) is 11.6 Å². The van der Waals surface area contributed by atoms with Crippen molar-refractivity contribution < 1.29 is 9.53 Å². The van der Waals surface area contributed by atoms with E-state index in [9.17, 15) is 14.9 Å². The normalized spacial score (nSPS) is 12.2. The monoisotopic (exact) mass is 707 g/mol. The van der Waals surface area contributed by atoms with E-state index in [0.29, 0.717) is 28.3 Å². The maximum Gasteiger partial charge on any atom is 0.323 e. The molecule has 0 spiro atoms. The van der Waals surface area contributed by atoms with Gasteiger partial charge in [0.2, 0.25) is 0 Å². The maximum atomic E-state index is 14.1. The van der Waals surface area contributed by atoms with Gasteiger partial charge in [0.1, 0.15) is 33.1 Å². The van der Waals surface area contributed by atoms with Crippen LogP contribution in [0.25, 0.3) is 16.6 Å². The Labute approximate surface area is 264 Å². The molecule has 5 rings (SSSR count). The van der Waals surface area contributed by atoms with E-state index >= 15 is 0 Å². The lowest BCUT2D eigenvalue weighted by molar-refractivity contribution is 0.262. The van der Waals surface area contributed by atoms with Crippen LogP contribution in [0.2, 0.25) is 5.02 Å². The zero-order valence-electron chi connectivity index (χ0n) is 22.7.